The van der Waals surface area contributed by atoms with Crippen molar-refractivity contribution < 1.29 is 8.81 Å². The lowest BCUT2D eigenvalue weighted by atomic mass is 10.1. The molecule has 0 atom stereocenters. The van der Waals surface area contributed by atoms with Gasteiger partial charge in [-0.15, -0.1) is 11.3 Å². The highest BCUT2D eigenvalue weighted by Crippen LogP contribution is 2.29. The largest absolute Gasteiger partial charge is 0.439 e. The third-order valence-corrected chi connectivity index (χ3v) is 4.72. The molecule has 1 aliphatic rings. The van der Waals surface area contributed by atoms with E-state index in [2.05, 4.69) is 9.97 Å². The van der Waals surface area contributed by atoms with Crippen LogP contribution >= 0.6 is 11.3 Å². The monoisotopic (exact) mass is 340 g/mol. The molecule has 0 spiro atoms. The number of halogens is 1. The molecule has 7 heteroatoms. The fraction of sp³-hybridized carbons (Fsp3) is 0.235. The second-order valence-corrected chi connectivity index (χ2v) is 6.68. The summed E-state index contributed by atoms with van der Waals surface area (Å²) in [5, 5.41) is 11.9. The first-order valence-corrected chi connectivity index (χ1v) is 8.37. The summed E-state index contributed by atoms with van der Waals surface area (Å²) in [5.41, 5.74) is 2.58. The second kappa shape index (κ2) is 5.73. The molecule has 0 N–H and O–H groups in total. The van der Waals surface area contributed by atoms with E-state index < -0.39 is 5.82 Å². The van der Waals surface area contributed by atoms with E-state index in [4.69, 9.17) is 9.68 Å². The Hall–Kier alpha value is -2.72. The molecule has 0 saturated carbocycles. The number of nitriles is 1. The summed E-state index contributed by atoms with van der Waals surface area (Å²) in [7, 11) is 0. The summed E-state index contributed by atoms with van der Waals surface area (Å²) < 4.78 is 19.5. The fourth-order valence-electron chi connectivity index (χ4n) is 2.81. The molecule has 0 saturated heterocycles. The summed E-state index contributed by atoms with van der Waals surface area (Å²) in [5.74, 6) is 0.973. The minimum Gasteiger partial charge on any atom is -0.439 e. The van der Waals surface area contributed by atoms with E-state index in [9.17, 15) is 4.39 Å². The molecule has 120 valence electrons. The van der Waals surface area contributed by atoms with Crippen molar-refractivity contribution in [1.29, 1.82) is 5.26 Å². The summed E-state index contributed by atoms with van der Waals surface area (Å²) in [6.45, 7) is 3.15. The molecule has 3 heterocycles. The SMILES string of the molecule is Cc1nc(-c2nc3c(o2)CCN(c2cc(F)cc(C#N)c2)C3)cs1. The van der Waals surface area contributed by atoms with Crippen molar-refractivity contribution in [3.8, 4) is 17.7 Å². The van der Waals surface area contributed by atoms with Gasteiger partial charge in [0, 0.05) is 24.0 Å². The van der Waals surface area contributed by atoms with Crippen molar-refractivity contribution in [1.82, 2.24) is 9.97 Å². The Kier molecular flexibility index (Phi) is 3.54. The number of aromatic nitrogens is 2. The molecule has 2 aromatic heterocycles. The lowest BCUT2D eigenvalue weighted by Gasteiger charge is -2.27. The molecule has 5 nitrogen and oxygen atoms in total. The average Bonchev–Trinajstić information content (AvgIpc) is 3.19. The summed E-state index contributed by atoms with van der Waals surface area (Å²) in [4.78, 5) is 11.0. The molecule has 0 amide bonds. The van der Waals surface area contributed by atoms with Crippen molar-refractivity contribution in [3.63, 3.8) is 0 Å². The van der Waals surface area contributed by atoms with E-state index in [1.165, 1.54) is 12.1 Å². The smallest absolute Gasteiger partial charge is 0.246 e. The molecule has 4 rings (SSSR count). The zero-order valence-electron chi connectivity index (χ0n) is 12.9. The number of aryl methyl sites for hydroxylation is 1. The molecule has 0 bridgehead atoms. The first-order chi connectivity index (χ1) is 11.6. The van der Waals surface area contributed by atoms with Crippen LogP contribution in [-0.4, -0.2) is 16.5 Å². The van der Waals surface area contributed by atoms with E-state index >= 15 is 0 Å². The van der Waals surface area contributed by atoms with Crippen LogP contribution in [0.15, 0.2) is 28.0 Å². The minimum absolute atomic E-state index is 0.314. The Balaban J connectivity index is 1.63. The highest BCUT2D eigenvalue weighted by molar-refractivity contribution is 7.09. The number of anilines is 1. The molecule has 0 aliphatic carbocycles. The Bertz CT molecular complexity index is 956. The van der Waals surface area contributed by atoms with Gasteiger partial charge < -0.3 is 9.32 Å². The van der Waals surface area contributed by atoms with Crippen molar-refractivity contribution in [2.45, 2.75) is 19.9 Å². The number of nitrogens with zero attached hydrogens (tertiary/aromatic N) is 4. The van der Waals surface area contributed by atoms with Gasteiger partial charge in [-0.25, -0.2) is 14.4 Å². The number of fused-ring (bicyclic) bond motifs is 1. The van der Waals surface area contributed by atoms with Gasteiger partial charge in [-0.05, 0) is 25.1 Å². The topological polar surface area (TPSA) is 66.0 Å². The van der Waals surface area contributed by atoms with Crippen LogP contribution in [-0.2, 0) is 13.0 Å². The molecule has 0 fully saturated rings. The van der Waals surface area contributed by atoms with Gasteiger partial charge in [-0.1, -0.05) is 0 Å². The van der Waals surface area contributed by atoms with Crippen LogP contribution in [0.5, 0.6) is 0 Å². The zero-order valence-corrected chi connectivity index (χ0v) is 13.7. The van der Waals surface area contributed by atoms with Crippen molar-refractivity contribution >= 4 is 17.0 Å². The number of thiazole rings is 1. The van der Waals surface area contributed by atoms with Gasteiger partial charge in [0.1, 0.15) is 23.0 Å². The maximum absolute atomic E-state index is 13.7. The third kappa shape index (κ3) is 2.65. The fourth-order valence-corrected chi connectivity index (χ4v) is 3.40. The number of hydrogen-bond acceptors (Lipinski definition) is 6. The molecule has 24 heavy (non-hydrogen) atoms. The zero-order chi connectivity index (χ0) is 16.7. The van der Waals surface area contributed by atoms with Crippen LogP contribution in [0.4, 0.5) is 10.1 Å². The quantitative estimate of drug-likeness (QED) is 0.712. The van der Waals surface area contributed by atoms with Crippen molar-refractivity contribution in [2.24, 2.45) is 0 Å². The second-order valence-electron chi connectivity index (χ2n) is 5.62. The number of hydrogen-bond donors (Lipinski definition) is 0. The van der Waals surface area contributed by atoms with E-state index in [0.29, 0.717) is 36.7 Å². The maximum atomic E-state index is 13.7. The van der Waals surface area contributed by atoms with Crippen LogP contribution in [0.1, 0.15) is 22.0 Å². The van der Waals surface area contributed by atoms with Crippen molar-refractivity contribution in [3.05, 3.63) is 51.4 Å². The number of oxazole rings is 1. The van der Waals surface area contributed by atoms with Crippen LogP contribution in [0, 0.1) is 24.1 Å². The first-order valence-electron chi connectivity index (χ1n) is 7.49. The Morgan fingerprint density at radius 1 is 1.33 bits per heavy atom. The van der Waals surface area contributed by atoms with Crippen molar-refractivity contribution in [2.75, 3.05) is 11.4 Å². The average molecular weight is 340 g/mol. The minimum atomic E-state index is -0.409. The van der Waals surface area contributed by atoms with Gasteiger partial charge in [0.05, 0.1) is 23.2 Å². The molecular formula is C17H13FN4OS. The molecule has 3 aromatic rings. The maximum Gasteiger partial charge on any atom is 0.246 e. The highest BCUT2D eigenvalue weighted by atomic mass is 32.1. The summed E-state index contributed by atoms with van der Waals surface area (Å²) in [6, 6.07) is 6.35. The van der Waals surface area contributed by atoms with Crippen LogP contribution in [0.25, 0.3) is 11.6 Å². The standard InChI is InChI=1S/C17H13FN4OS/c1-10-20-15(9-24-10)17-21-14-8-22(3-2-16(14)23-17)13-5-11(7-19)4-12(18)6-13/h4-6,9H,2-3,8H2,1H3. The van der Waals surface area contributed by atoms with Crippen LogP contribution < -0.4 is 4.90 Å². The van der Waals surface area contributed by atoms with Gasteiger partial charge in [-0.2, -0.15) is 5.26 Å². The van der Waals surface area contributed by atoms with E-state index in [1.54, 1.807) is 17.4 Å². The van der Waals surface area contributed by atoms with E-state index in [0.717, 1.165) is 22.2 Å². The Labute approximate surface area is 142 Å². The summed E-state index contributed by atoms with van der Waals surface area (Å²) >= 11 is 1.55. The molecule has 0 unspecified atom stereocenters. The predicted octanol–water partition coefficient (Wildman–Crippen LogP) is 3.68. The molecular weight excluding hydrogens is 327 g/mol. The molecule has 1 aromatic carbocycles. The third-order valence-electron chi connectivity index (χ3n) is 3.94. The lowest BCUT2D eigenvalue weighted by Crippen LogP contribution is -2.30. The van der Waals surface area contributed by atoms with Gasteiger partial charge >= 0.3 is 0 Å². The van der Waals surface area contributed by atoms with Gasteiger partial charge in [0.25, 0.3) is 0 Å². The van der Waals surface area contributed by atoms with E-state index in [1.807, 2.05) is 23.3 Å². The normalized spacial score (nSPS) is 13.6. The highest BCUT2D eigenvalue weighted by Gasteiger charge is 2.24. The number of benzene rings is 1. The number of rotatable bonds is 2. The lowest BCUT2D eigenvalue weighted by molar-refractivity contribution is 0.498. The predicted molar refractivity (Wildman–Crippen MR) is 88.2 cm³/mol. The van der Waals surface area contributed by atoms with Gasteiger partial charge in [0.2, 0.25) is 5.89 Å². The Morgan fingerprint density at radius 3 is 2.96 bits per heavy atom. The van der Waals surface area contributed by atoms with Crippen LogP contribution in [0.2, 0.25) is 0 Å². The molecule has 0 radical (unpaired) electrons. The van der Waals surface area contributed by atoms with Gasteiger partial charge in [-0.3, -0.25) is 0 Å². The summed E-state index contributed by atoms with van der Waals surface area (Å²) in [6.07, 6.45) is 0.684. The van der Waals surface area contributed by atoms with Gasteiger partial charge in [0.15, 0.2) is 0 Å². The Morgan fingerprint density at radius 2 is 2.21 bits per heavy atom. The van der Waals surface area contributed by atoms with E-state index in [-0.39, 0.29) is 0 Å². The van der Waals surface area contributed by atoms with Crippen LogP contribution in [0.3, 0.4) is 0 Å². The first kappa shape index (κ1) is 14.8. The molecule has 1 aliphatic heterocycles.